The van der Waals surface area contributed by atoms with Crippen molar-refractivity contribution in [1.29, 1.82) is 0 Å². The molecule has 1 aliphatic heterocycles. The van der Waals surface area contributed by atoms with Crippen LogP contribution in [-0.4, -0.2) is 24.2 Å². The number of benzene rings is 2. The first kappa shape index (κ1) is 17.7. The minimum absolute atomic E-state index is 0.149. The van der Waals surface area contributed by atoms with E-state index in [1.165, 1.54) is 0 Å². The Kier molecular flexibility index (Phi) is 4.72. The normalized spacial score (nSPS) is 19.4. The predicted octanol–water partition coefficient (Wildman–Crippen LogP) is 3.79. The molecule has 130 valence electrons. The molecule has 1 atom stereocenters. The van der Waals surface area contributed by atoms with Gasteiger partial charge < -0.3 is 14.6 Å². The van der Waals surface area contributed by atoms with Crippen molar-refractivity contribution < 1.29 is 14.1 Å². The summed E-state index contributed by atoms with van der Waals surface area (Å²) in [5.74, 6) is -0.542. The molecule has 0 aromatic heterocycles. The Hall–Kier alpha value is -2.11. The SMILES string of the molecule is CC1(C)OB([C@@H](NC(=O)c2ccccc2)c2ccccc2)OC1(C)C. The van der Waals surface area contributed by atoms with Gasteiger partial charge in [-0.25, -0.2) is 0 Å². The highest BCUT2D eigenvalue weighted by molar-refractivity contribution is 6.48. The van der Waals surface area contributed by atoms with E-state index in [0.717, 1.165) is 5.56 Å². The van der Waals surface area contributed by atoms with E-state index >= 15 is 0 Å². The molecule has 0 unspecified atom stereocenters. The highest BCUT2D eigenvalue weighted by Crippen LogP contribution is 2.40. The summed E-state index contributed by atoms with van der Waals surface area (Å²) in [6.07, 6.45) is 0. The fourth-order valence-electron chi connectivity index (χ4n) is 2.81. The second-order valence-electron chi connectivity index (χ2n) is 7.35. The number of nitrogens with one attached hydrogen (secondary N) is 1. The van der Waals surface area contributed by atoms with Gasteiger partial charge in [0.2, 0.25) is 0 Å². The van der Waals surface area contributed by atoms with E-state index in [0.29, 0.717) is 5.56 Å². The van der Waals surface area contributed by atoms with E-state index < -0.39 is 24.3 Å². The van der Waals surface area contributed by atoms with E-state index in [9.17, 15) is 4.79 Å². The fourth-order valence-corrected chi connectivity index (χ4v) is 2.81. The molecule has 0 aliphatic carbocycles. The Labute approximate surface area is 149 Å². The predicted molar refractivity (Wildman–Crippen MR) is 99.2 cm³/mol. The molecule has 1 aliphatic rings. The monoisotopic (exact) mass is 337 g/mol. The van der Waals surface area contributed by atoms with Crippen LogP contribution in [0.5, 0.6) is 0 Å². The fraction of sp³-hybridized carbons (Fsp3) is 0.350. The van der Waals surface area contributed by atoms with Crippen molar-refractivity contribution in [3.8, 4) is 0 Å². The molecule has 0 radical (unpaired) electrons. The van der Waals surface area contributed by atoms with Gasteiger partial charge in [0, 0.05) is 5.56 Å². The number of amides is 1. The second-order valence-corrected chi connectivity index (χ2v) is 7.35. The zero-order chi connectivity index (χ0) is 18.1. The van der Waals surface area contributed by atoms with Gasteiger partial charge in [0.1, 0.15) is 0 Å². The molecule has 1 saturated heterocycles. The minimum Gasteiger partial charge on any atom is -0.402 e. The van der Waals surface area contributed by atoms with Crippen LogP contribution in [0, 0.1) is 0 Å². The van der Waals surface area contributed by atoms with Gasteiger partial charge in [-0.05, 0) is 45.4 Å². The average molecular weight is 337 g/mol. The van der Waals surface area contributed by atoms with Crippen molar-refractivity contribution in [2.75, 3.05) is 0 Å². The van der Waals surface area contributed by atoms with Gasteiger partial charge in [-0.3, -0.25) is 4.79 Å². The largest absolute Gasteiger partial charge is 0.486 e. The molecule has 5 heteroatoms. The van der Waals surface area contributed by atoms with Crippen LogP contribution < -0.4 is 5.32 Å². The van der Waals surface area contributed by atoms with Crippen LogP contribution in [0.4, 0.5) is 0 Å². The molecule has 25 heavy (non-hydrogen) atoms. The topological polar surface area (TPSA) is 47.6 Å². The molecule has 0 saturated carbocycles. The Morgan fingerprint density at radius 3 is 1.88 bits per heavy atom. The van der Waals surface area contributed by atoms with E-state index in [4.69, 9.17) is 9.31 Å². The van der Waals surface area contributed by atoms with Crippen LogP contribution in [0.1, 0.15) is 49.6 Å². The van der Waals surface area contributed by atoms with Crippen molar-refractivity contribution in [2.45, 2.75) is 44.8 Å². The Morgan fingerprint density at radius 2 is 1.36 bits per heavy atom. The van der Waals surface area contributed by atoms with Crippen molar-refractivity contribution >= 4 is 13.0 Å². The number of hydrogen-bond donors (Lipinski definition) is 1. The molecule has 3 rings (SSSR count). The number of carbonyl (C=O) groups is 1. The van der Waals surface area contributed by atoms with Gasteiger partial charge in [-0.1, -0.05) is 48.5 Å². The summed E-state index contributed by atoms with van der Waals surface area (Å²) in [4.78, 5) is 12.7. The van der Waals surface area contributed by atoms with Crippen molar-refractivity contribution in [2.24, 2.45) is 0 Å². The summed E-state index contributed by atoms with van der Waals surface area (Å²) in [6.45, 7) is 8.03. The van der Waals surface area contributed by atoms with E-state index in [1.54, 1.807) is 12.1 Å². The summed E-state index contributed by atoms with van der Waals surface area (Å²) in [5.41, 5.74) is 0.648. The molecule has 1 heterocycles. The highest BCUT2D eigenvalue weighted by atomic mass is 16.7. The number of hydrogen-bond acceptors (Lipinski definition) is 3. The first-order chi connectivity index (χ1) is 11.8. The van der Waals surface area contributed by atoms with Gasteiger partial charge in [0.05, 0.1) is 17.1 Å². The van der Waals surface area contributed by atoms with Gasteiger partial charge in [0.25, 0.3) is 5.91 Å². The van der Waals surface area contributed by atoms with Crippen LogP contribution in [-0.2, 0) is 9.31 Å². The molecule has 1 amide bonds. The van der Waals surface area contributed by atoms with Crippen molar-refractivity contribution in [3.63, 3.8) is 0 Å². The maximum atomic E-state index is 12.7. The van der Waals surface area contributed by atoms with Gasteiger partial charge in [-0.15, -0.1) is 0 Å². The van der Waals surface area contributed by atoms with Crippen LogP contribution >= 0.6 is 0 Å². The van der Waals surface area contributed by atoms with Crippen LogP contribution in [0.15, 0.2) is 60.7 Å². The molecule has 1 N–H and O–H groups in total. The molecular formula is C20H24BNO3. The zero-order valence-corrected chi connectivity index (χ0v) is 15.2. The summed E-state index contributed by atoms with van der Waals surface area (Å²) in [7, 11) is -0.555. The third-order valence-electron chi connectivity index (χ3n) is 5.02. The van der Waals surface area contributed by atoms with Gasteiger partial charge in [0.15, 0.2) is 0 Å². The van der Waals surface area contributed by atoms with Crippen LogP contribution in [0.25, 0.3) is 0 Å². The summed E-state index contributed by atoms with van der Waals surface area (Å²) in [6, 6.07) is 19.0. The Balaban J connectivity index is 1.88. The molecule has 2 aromatic carbocycles. The van der Waals surface area contributed by atoms with Crippen LogP contribution in [0.3, 0.4) is 0 Å². The zero-order valence-electron chi connectivity index (χ0n) is 15.2. The lowest BCUT2D eigenvalue weighted by Gasteiger charge is -2.32. The van der Waals surface area contributed by atoms with E-state index in [-0.39, 0.29) is 5.91 Å². The third-order valence-corrected chi connectivity index (χ3v) is 5.02. The number of carbonyl (C=O) groups excluding carboxylic acids is 1. The molecule has 0 bridgehead atoms. The summed E-state index contributed by atoms with van der Waals surface area (Å²) < 4.78 is 12.4. The maximum absolute atomic E-state index is 12.7. The molecule has 1 fully saturated rings. The minimum atomic E-state index is -0.555. The third kappa shape index (κ3) is 3.62. The molecule has 0 spiro atoms. The van der Waals surface area contributed by atoms with Crippen molar-refractivity contribution in [3.05, 3.63) is 71.8 Å². The smallest absolute Gasteiger partial charge is 0.402 e. The average Bonchev–Trinajstić information content (AvgIpc) is 2.81. The van der Waals surface area contributed by atoms with Gasteiger partial charge >= 0.3 is 7.12 Å². The highest BCUT2D eigenvalue weighted by Gasteiger charge is 2.54. The van der Waals surface area contributed by atoms with Gasteiger partial charge in [-0.2, -0.15) is 0 Å². The number of rotatable bonds is 4. The van der Waals surface area contributed by atoms with E-state index in [1.807, 2.05) is 76.2 Å². The summed E-state index contributed by atoms with van der Waals surface area (Å²) in [5, 5.41) is 3.08. The lowest BCUT2D eigenvalue weighted by molar-refractivity contribution is 0.00578. The van der Waals surface area contributed by atoms with Crippen molar-refractivity contribution in [1.82, 2.24) is 5.32 Å². The standard InChI is InChI=1S/C20H24BNO3/c1-19(2)20(3,4)25-21(24-19)17(15-11-7-5-8-12-15)22-18(23)16-13-9-6-10-14-16/h5-14,17H,1-4H3,(H,22,23)/t17-/m0/s1. The molecule has 2 aromatic rings. The quantitative estimate of drug-likeness (QED) is 0.864. The molecular weight excluding hydrogens is 313 g/mol. The first-order valence-electron chi connectivity index (χ1n) is 8.57. The summed E-state index contributed by atoms with van der Waals surface area (Å²) >= 11 is 0. The van der Waals surface area contributed by atoms with Crippen LogP contribution in [0.2, 0.25) is 0 Å². The lowest BCUT2D eigenvalue weighted by Crippen LogP contribution is -2.41. The Morgan fingerprint density at radius 1 is 0.880 bits per heavy atom. The Bertz CT molecular complexity index is 715. The lowest BCUT2D eigenvalue weighted by atomic mass is 9.74. The maximum Gasteiger partial charge on any atom is 0.486 e. The van der Waals surface area contributed by atoms with E-state index in [2.05, 4.69) is 5.32 Å². The second kappa shape index (κ2) is 6.66. The molecule has 4 nitrogen and oxygen atoms in total. The first-order valence-corrected chi connectivity index (χ1v) is 8.57.